The van der Waals surface area contributed by atoms with Crippen molar-refractivity contribution in [3.05, 3.63) is 35.7 Å². The number of nitrogens with one attached hydrogen (secondary N) is 1. The van der Waals surface area contributed by atoms with Crippen LogP contribution >= 0.6 is 0 Å². The zero-order valence-corrected chi connectivity index (χ0v) is 11.8. The number of rotatable bonds is 4. The number of hydrogen-bond donors (Lipinski definition) is 1. The zero-order chi connectivity index (χ0) is 13.8. The lowest BCUT2D eigenvalue weighted by atomic mass is 10.0. The Morgan fingerprint density at radius 3 is 2.11 bits per heavy atom. The number of hydrogen-bond acceptors (Lipinski definition) is 4. The second-order valence-corrected chi connectivity index (χ2v) is 4.47. The lowest BCUT2D eigenvalue weighted by Gasteiger charge is -2.11. The van der Waals surface area contributed by atoms with Crippen LogP contribution in [-0.4, -0.2) is 23.6 Å². The van der Waals surface area contributed by atoms with Crippen molar-refractivity contribution in [2.24, 2.45) is 0 Å². The zero-order valence-electron chi connectivity index (χ0n) is 11.8. The van der Waals surface area contributed by atoms with Crippen molar-refractivity contribution in [1.29, 1.82) is 0 Å². The summed E-state index contributed by atoms with van der Waals surface area (Å²) in [4.78, 5) is 8.59. The van der Waals surface area contributed by atoms with Gasteiger partial charge in [-0.25, -0.2) is 9.97 Å². The van der Waals surface area contributed by atoms with E-state index in [2.05, 4.69) is 27.4 Å². The van der Waals surface area contributed by atoms with Crippen LogP contribution < -0.4 is 10.1 Å². The topological polar surface area (TPSA) is 47.0 Å². The highest BCUT2D eigenvalue weighted by atomic mass is 16.5. The SMILES string of the molecule is CCNc1ncc(-c2cc(C)c(OC)c(C)c2)cn1. The minimum Gasteiger partial charge on any atom is -0.496 e. The Morgan fingerprint density at radius 1 is 1.05 bits per heavy atom. The van der Waals surface area contributed by atoms with Gasteiger partial charge in [0.15, 0.2) is 0 Å². The third-order valence-corrected chi connectivity index (χ3v) is 2.98. The van der Waals surface area contributed by atoms with Crippen LogP contribution in [0.5, 0.6) is 5.75 Å². The van der Waals surface area contributed by atoms with E-state index in [1.807, 2.05) is 33.2 Å². The van der Waals surface area contributed by atoms with Crippen LogP contribution in [0.3, 0.4) is 0 Å². The summed E-state index contributed by atoms with van der Waals surface area (Å²) >= 11 is 0. The third-order valence-electron chi connectivity index (χ3n) is 2.98. The molecule has 19 heavy (non-hydrogen) atoms. The maximum Gasteiger partial charge on any atom is 0.222 e. The highest BCUT2D eigenvalue weighted by Gasteiger charge is 2.07. The van der Waals surface area contributed by atoms with Gasteiger partial charge in [0.05, 0.1) is 7.11 Å². The number of aryl methyl sites for hydroxylation is 2. The first-order valence-electron chi connectivity index (χ1n) is 6.37. The van der Waals surface area contributed by atoms with Crippen LogP contribution in [0.1, 0.15) is 18.1 Å². The van der Waals surface area contributed by atoms with Crippen LogP contribution in [0.4, 0.5) is 5.95 Å². The molecule has 0 bridgehead atoms. The number of ether oxygens (including phenoxy) is 1. The average molecular weight is 257 g/mol. The third kappa shape index (κ3) is 2.84. The minimum absolute atomic E-state index is 0.660. The lowest BCUT2D eigenvalue weighted by Crippen LogP contribution is -2.01. The summed E-state index contributed by atoms with van der Waals surface area (Å²) < 4.78 is 5.38. The molecule has 4 nitrogen and oxygen atoms in total. The maximum absolute atomic E-state index is 5.38. The number of benzene rings is 1. The largest absolute Gasteiger partial charge is 0.496 e. The van der Waals surface area contributed by atoms with E-state index < -0.39 is 0 Å². The Labute approximate surface area is 113 Å². The van der Waals surface area contributed by atoms with Crippen LogP contribution in [0.15, 0.2) is 24.5 Å². The Bertz CT molecular complexity index is 541. The summed E-state index contributed by atoms with van der Waals surface area (Å²) in [6, 6.07) is 4.19. The van der Waals surface area contributed by atoms with E-state index in [1.165, 1.54) is 0 Å². The molecule has 4 heteroatoms. The molecule has 1 aromatic heterocycles. The molecule has 1 N–H and O–H groups in total. The first kappa shape index (κ1) is 13.3. The normalized spacial score (nSPS) is 10.3. The Hall–Kier alpha value is -2.10. The molecule has 0 aliphatic carbocycles. The molecule has 0 atom stereocenters. The van der Waals surface area contributed by atoms with Gasteiger partial charge >= 0.3 is 0 Å². The van der Waals surface area contributed by atoms with Crippen molar-refractivity contribution in [2.75, 3.05) is 19.0 Å². The summed E-state index contributed by atoms with van der Waals surface area (Å²) in [7, 11) is 1.70. The van der Waals surface area contributed by atoms with Gasteiger partial charge < -0.3 is 10.1 Å². The van der Waals surface area contributed by atoms with E-state index >= 15 is 0 Å². The summed E-state index contributed by atoms with van der Waals surface area (Å²) in [5, 5.41) is 3.08. The highest BCUT2D eigenvalue weighted by Crippen LogP contribution is 2.29. The monoisotopic (exact) mass is 257 g/mol. The van der Waals surface area contributed by atoms with E-state index in [-0.39, 0.29) is 0 Å². The Balaban J connectivity index is 2.36. The molecule has 0 saturated carbocycles. The van der Waals surface area contributed by atoms with E-state index in [0.29, 0.717) is 5.95 Å². The van der Waals surface area contributed by atoms with Crippen molar-refractivity contribution >= 4 is 5.95 Å². The molecule has 1 heterocycles. The summed E-state index contributed by atoms with van der Waals surface area (Å²) in [5.74, 6) is 1.60. The maximum atomic E-state index is 5.38. The summed E-state index contributed by atoms with van der Waals surface area (Å²) in [6.45, 7) is 6.93. The fourth-order valence-electron chi connectivity index (χ4n) is 2.17. The summed E-state index contributed by atoms with van der Waals surface area (Å²) in [6.07, 6.45) is 3.68. The van der Waals surface area contributed by atoms with E-state index in [4.69, 9.17) is 4.74 Å². The number of methoxy groups -OCH3 is 1. The average Bonchev–Trinajstić information content (AvgIpc) is 2.39. The fourth-order valence-corrected chi connectivity index (χ4v) is 2.17. The van der Waals surface area contributed by atoms with Crippen LogP contribution in [0.2, 0.25) is 0 Å². The molecule has 0 unspecified atom stereocenters. The van der Waals surface area contributed by atoms with Gasteiger partial charge in [0.2, 0.25) is 5.95 Å². The van der Waals surface area contributed by atoms with Gasteiger partial charge in [-0.2, -0.15) is 0 Å². The predicted molar refractivity (Wildman–Crippen MR) is 77.7 cm³/mol. The molecule has 1 aromatic carbocycles. The molecule has 0 aliphatic rings. The van der Waals surface area contributed by atoms with Gasteiger partial charge in [-0.05, 0) is 49.6 Å². The van der Waals surface area contributed by atoms with E-state index in [9.17, 15) is 0 Å². The van der Waals surface area contributed by atoms with Gasteiger partial charge in [0.25, 0.3) is 0 Å². The first-order valence-corrected chi connectivity index (χ1v) is 6.37. The second kappa shape index (κ2) is 5.69. The van der Waals surface area contributed by atoms with E-state index in [0.717, 1.165) is 34.5 Å². The van der Waals surface area contributed by atoms with Crippen molar-refractivity contribution < 1.29 is 4.74 Å². The molecule has 0 spiro atoms. The molecule has 0 amide bonds. The smallest absolute Gasteiger partial charge is 0.222 e. The highest BCUT2D eigenvalue weighted by molar-refractivity contribution is 5.66. The molecule has 0 aliphatic heterocycles. The predicted octanol–water partition coefficient (Wildman–Crippen LogP) is 3.20. The quantitative estimate of drug-likeness (QED) is 0.913. The van der Waals surface area contributed by atoms with Crippen molar-refractivity contribution in [3.8, 4) is 16.9 Å². The van der Waals surface area contributed by atoms with Crippen molar-refractivity contribution in [3.63, 3.8) is 0 Å². The van der Waals surface area contributed by atoms with Gasteiger partial charge in [-0.1, -0.05) is 0 Å². The van der Waals surface area contributed by atoms with Crippen molar-refractivity contribution in [2.45, 2.75) is 20.8 Å². The molecule has 100 valence electrons. The molecular formula is C15H19N3O. The van der Waals surface area contributed by atoms with Crippen LogP contribution in [0, 0.1) is 13.8 Å². The number of nitrogens with zero attached hydrogens (tertiary/aromatic N) is 2. The van der Waals surface area contributed by atoms with Crippen LogP contribution in [0.25, 0.3) is 11.1 Å². The summed E-state index contributed by atoms with van der Waals surface area (Å²) in [5.41, 5.74) is 4.36. The lowest BCUT2D eigenvalue weighted by molar-refractivity contribution is 0.408. The van der Waals surface area contributed by atoms with Gasteiger partial charge in [0, 0.05) is 24.5 Å². The molecule has 0 fully saturated rings. The first-order chi connectivity index (χ1) is 9.15. The molecule has 2 aromatic rings. The van der Waals surface area contributed by atoms with Crippen LogP contribution in [-0.2, 0) is 0 Å². The number of aromatic nitrogens is 2. The van der Waals surface area contributed by atoms with E-state index in [1.54, 1.807) is 7.11 Å². The molecule has 2 rings (SSSR count). The standard InChI is InChI=1S/C15H19N3O/c1-5-16-15-17-8-13(9-18-15)12-6-10(2)14(19-4)11(3)7-12/h6-9H,5H2,1-4H3,(H,16,17,18). The molecule has 0 radical (unpaired) electrons. The fraction of sp³-hybridized carbons (Fsp3) is 0.333. The molecular weight excluding hydrogens is 238 g/mol. The molecule has 0 saturated heterocycles. The number of anilines is 1. The van der Waals surface area contributed by atoms with Crippen molar-refractivity contribution in [1.82, 2.24) is 9.97 Å². The second-order valence-electron chi connectivity index (χ2n) is 4.47. The van der Waals surface area contributed by atoms with Gasteiger partial charge in [-0.3, -0.25) is 0 Å². The Morgan fingerprint density at radius 2 is 1.63 bits per heavy atom. The minimum atomic E-state index is 0.660. The van der Waals surface area contributed by atoms with Gasteiger partial charge in [0.1, 0.15) is 5.75 Å². The van der Waals surface area contributed by atoms with Gasteiger partial charge in [-0.15, -0.1) is 0 Å². The Kier molecular flexibility index (Phi) is 4.00.